The van der Waals surface area contributed by atoms with Crippen molar-refractivity contribution < 1.29 is 4.74 Å². The zero-order valence-corrected chi connectivity index (χ0v) is 14.5. The van der Waals surface area contributed by atoms with Crippen molar-refractivity contribution in [1.82, 2.24) is 4.90 Å². The van der Waals surface area contributed by atoms with Gasteiger partial charge in [0.2, 0.25) is 0 Å². The number of hydrogen-bond acceptors (Lipinski definition) is 2. The first-order chi connectivity index (χ1) is 11.2. The van der Waals surface area contributed by atoms with Gasteiger partial charge in [-0.1, -0.05) is 68.0 Å². The molecule has 0 aromatic heterocycles. The molecule has 0 radical (unpaired) electrons. The van der Waals surface area contributed by atoms with Crippen LogP contribution in [0.1, 0.15) is 31.9 Å². The predicted octanol–water partition coefficient (Wildman–Crippen LogP) is 5.01. The molecule has 0 heterocycles. The Labute approximate surface area is 140 Å². The van der Waals surface area contributed by atoms with E-state index in [1.165, 1.54) is 16.7 Å². The van der Waals surface area contributed by atoms with Crippen LogP contribution in [-0.4, -0.2) is 24.5 Å². The Hall–Kier alpha value is -2.06. The molecule has 0 spiro atoms. The fourth-order valence-electron chi connectivity index (χ4n) is 2.53. The van der Waals surface area contributed by atoms with Crippen LogP contribution in [0.5, 0.6) is 5.75 Å². The van der Waals surface area contributed by atoms with Gasteiger partial charge in [-0.05, 0) is 43.3 Å². The number of rotatable bonds is 8. The first-order valence-corrected chi connectivity index (χ1v) is 8.37. The van der Waals surface area contributed by atoms with Gasteiger partial charge in [0.05, 0.1) is 0 Å². The molecule has 0 saturated heterocycles. The highest BCUT2D eigenvalue weighted by molar-refractivity contribution is 5.53. The van der Waals surface area contributed by atoms with Crippen molar-refractivity contribution in [3.63, 3.8) is 0 Å². The molecule has 23 heavy (non-hydrogen) atoms. The summed E-state index contributed by atoms with van der Waals surface area (Å²) in [5, 5.41) is 0. The molecule has 0 bridgehead atoms. The summed E-state index contributed by atoms with van der Waals surface area (Å²) < 4.78 is 5.82. The zero-order chi connectivity index (χ0) is 16.5. The van der Waals surface area contributed by atoms with E-state index in [0.29, 0.717) is 6.61 Å². The topological polar surface area (TPSA) is 12.5 Å². The fraction of sp³-hybridized carbons (Fsp3) is 0.333. The van der Waals surface area contributed by atoms with E-state index in [1.54, 1.807) is 0 Å². The third-order valence-corrected chi connectivity index (χ3v) is 3.91. The summed E-state index contributed by atoms with van der Waals surface area (Å²) in [7, 11) is 0. The minimum Gasteiger partial charge on any atom is -0.489 e. The van der Waals surface area contributed by atoms with Crippen LogP contribution in [0.3, 0.4) is 0 Å². The Morgan fingerprint density at radius 1 is 0.957 bits per heavy atom. The first-order valence-electron chi connectivity index (χ1n) is 8.37. The van der Waals surface area contributed by atoms with Crippen molar-refractivity contribution in [3.8, 4) is 5.75 Å². The molecule has 2 aromatic rings. The molecule has 0 saturated carbocycles. The summed E-state index contributed by atoms with van der Waals surface area (Å²) in [5.41, 5.74) is 3.79. The lowest BCUT2D eigenvalue weighted by molar-refractivity contribution is 0.306. The van der Waals surface area contributed by atoms with Crippen LogP contribution < -0.4 is 4.74 Å². The minimum absolute atomic E-state index is 0.608. The van der Waals surface area contributed by atoms with Crippen molar-refractivity contribution in [2.45, 2.75) is 27.4 Å². The van der Waals surface area contributed by atoms with E-state index < -0.39 is 0 Å². The van der Waals surface area contributed by atoms with E-state index in [9.17, 15) is 0 Å². The SMILES string of the molecule is CCN(CC)CC(C)=Cc1ccc(OCc2ccccc2)cc1. The molecular weight excluding hydrogens is 282 g/mol. The molecule has 0 N–H and O–H groups in total. The van der Waals surface area contributed by atoms with Gasteiger partial charge in [-0.3, -0.25) is 4.90 Å². The summed E-state index contributed by atoms with van der Waals surface area (Å²) in [6, 6.07) is 18.6. The highest BCUT2D eigenvalue weighted by Gasteiger charge is 2.00. The standard InChI is InChI=1S/C21H27NO/c1-4-22(5-2)16-18(3)15-19-11-13-21(14-12-19)23-17-20-9-7-6-8-10-20/h6-15H,4-5,16-17H2,1-3H3. The third kappa shape index (κ3) is 5.91. The largest absolute Gasteiger partial charge is 0.489 e. The average molecular weight is 309 g/mol. The first kappa shape index (κ1) is 17.3. The lowest BCUT2D eigenvalue weighted by atomic mass is 10.1. The lowest BCUT2D eigenvalue weighted by Gasteiger charge is -2.18. The maximum Gasteiger partial charge on any atom is 0.119 e. The van der Waals surface area contributed by atoms with Gasteiger partial charge < -0.3 is 4.74 Å². The van der Waals surface area contributed by atoms with E-state index in [-0.39, 0.29) is 0 Å². The molecule has 0 amide bonds. The summed E-state index contributed by atoms with van der Waals surface area (Å²) in [6.45, 7) is 10.4. The van der Waals surface area contributed by atoms with Crippen molar-refractivity contribution in [3.05, 3.63) is 71.3 Å². The van der Waals surface area contributed by atoms with Gasteiger partial charge in [0.15, 0.2) is 0 Å². The molecule has 2 heteroatoms. The van der Waals surface area contributed by atoms with Gasteiger partial charge >= 0.3 is 0 Å². The van der Waals surface area contributed by atoms with Crippen LogP contribution in [0.15, 0.2) is 60.2 Å². The van der Waals surface area contributed by atoms with Gasteiger partial charge in [-0.2, -0.15) is 0 Å². The Morgan fingerprint density at radius 3 is 2.22 bits per heavy atom. The summed E-state index contributed by atoms with van der Waals surface area (Å²) in [6.07, 6.45) is 2.25. The molecule has 2 aromatic carbocycles. The molecule has 0 fully saturated rings. The van der Waals surface area contributed by atoms with E-state index in [2.05, 4.69) is 56.0 Å². The van der Waals surface area contributed by atoms with Crippen LogP contribution >= 0.6 is 0 Å². The highest BCUT2D eigenvalue weighted by atomic mass is 16.5. The Kier molecular flexibility index (Phi) is 6.89. The monoisotopic (exact) mass is 309 g/mol. The molecule has 0 aliphatic rings. The van der Waals surface area contributed by atoms with Crippen LogP contribution in [-0.2, 0) is 6.61 Å². The molecule has 0 unspecified atom stereocenters. The number of likely N-dealkylation sites (N-methyl/N-ethyl adjacent to an activating group) is 1. The van der Waals surface area contributed by atoms with Crippen molar-refractivity contribution in [2.24, 2.45) is 0 Å². The van der Waals surface area contributed by atoms with Crippen molar-refractivity contribution in [1.29, 1.82) is 0 Å². The van der Waals surface area contributed by atoms with Crippen molar-refractivity contribution >= 4 is 6.08 Å². The van der Waals surface area contributed by atoms with Crippen LogP contribution in [0.4, 0.5) is 0 Å². The number of nitrogens with zero attached hydrogens (tertiary/aromatic N) is 1. The van der Waals surface area contributed by atoms with Gasteiger partial charge in [-0.15, -0.1) is 0 Å². The molecule has 122 valence electrons. The predicted molar refractivity (Wildman–Crippen MR) is 98.7 cm³/mol. The van der Waals surface area contributed by atoms with Gasteiger partial charge in [0.1, 0.15) is 12.4 Å². The lowest BCUT2D eigenvalue weighted by Crippen LogP contribution is -2.24. The van der Waals surface area contributed by atoms with Gasteiger partial charge in [0.25, 0.3) is 0 Å². The van der Waals surface area contributed by atoms with Gasteiger partial charge in [0, 0.05) is 6.54 Å². The smallest absolute Gasteiger partial charge is 0.119 e. The van der Waals surface area contributed by atoms with E-state index in [0.717, 1.165) is 25.4 Å². The number of benzene rings is 2. The second-order valence-electron chi connectivity index (χ2n) is 5.80. The number of ether oxygens (including phenoxy) is 1. The van der Waals surface area contributed by atoms with E-state index in [4.69, 9.17) is 4.74 Å². The van der Waals surface area contributed by atoms with E-state index >= 15 is 0 Å². The zero-order valence-electron chi connectivity index (χ0n) is 14.5. The average Bonchev–Trinajstić information content (AvgIpc) is 2.60. The molecule has 2 nitrogen and oxygen atoms in total. The van der Waals surface area contributed by atoms with Crippen LogP contribution in [0.25, 0.3) is 6.08 Å². The Balaban J connectivity index is 1.91. The normalized spacial score (nSPS) is 11.7. The summed E-state index contributed by atoms with van der Waals surface area (Å²) in [4.78, 5) is 2.42. The van der Waals surface area contributed by atoms with E-state index in [1.807, 2.05) is 30.3 Å². The molecule has 2 rings (SSSR count). The summed E-state index contributed by atoms with van der Waals surface area (Å²) in [5.74, 6) is 0.910. The van der Waals surface area contributed by atoms with Gasteiger partial charge in [-0.25, -0.2) is 0 Å². The minimum atomic E-state index is 0.608. The second kappa shape index (κ2) is 9.16. The third-order valence-electron chi connectivity index (χ3n) is 3.91. The highest BCUT2D eigenvalue weighted by Crippen LogP contribution is 2.16. The summed E-state index contributed by atoms with van der Waals surface area (Å²) >= 11 is 0. The van der Waals surface area contributed by atoms with Crippen LogP contribution in [0.2, 0.25) is 0 Å². The van der Waals surface area contributed by atoms with Crippen LogP contribution in [0, 0.1) is 0 Å². The van der Waals surface area contributed by atoms with Crippen molar-refractivity contribution in [2.75, 3.05) is 19.6 Å². The molecule has 0 aliphatic carbocycles. The molecule has 0 aliphatic heterocycles. The number of hydrogen-bond donors (Lipinski definition) is 0. The quantitative estimate of drug-likeness (QED) is 0.679. The maximum absolute atomic E-state index is 5.82. The molecular formula is C21H27NO. The Morgan fingerprint density at radius 2 is 1.61 bits per heavy atom. The fourth-order valence-corrected chi connectivity index (χ4v) is 2.53. The molecule has 0 atom stereocenters. The Bertz CT molecular complexity index is 597. The maximum atomic E-state index is 5.82. The second-order valence-corrected chi connectivity index (χ2v) is 5.80.